The van der Waals surface area contributed by atoms with E-state index in [0.717, 1.165) is 50.0 Å². The van der Waals surface area contributed by atoms with Crippen molar-refractivity contribution in [3.8, 4) is 0 Å². The van der Waals surface area contributed by atoms with E-state index in [1.807, 2.05) is 30.0 Å². The number of urea groups is 1. The van der Waals surface area contributed by atoms with Crippen molar-refractivity contribution < 1.29 is 9.53 Å². The lowest BCUT2D eigenvalue weighted by atomic mass is 9.76. The molecule has 2 fully saturated rings. The first-order valence-electron chi connectivity index (χ1n) is 8.39. The maximum absolute atomic E-state index is 12.6. The minimum absolute atomic E-state index is 0.0363. The Hall–Kier alpha value is -1.26. The van der Waals surface area contributed by atoms with Gasteiger partial charge in [0.25, 0.3) is 0 Å². The van der Waals surface area contributed by atoms with E-state index in [1.54, 1.807) is 7.11 Å². The molecule has 1 saturated carbocycles. The van der Waals surface area contributed by atoms with Gasteiger partial charge in [-0.3, -0.25) is 0 Å². The number of nitrogens with one attached hydrogen (secondary N) is 1. The molecule has 0 aromatic heterocycles. The number of likely N-dealkylation sites (tertiary alicyclic amines) is 1. The van der Waals surface area contributed by atoms with Crippen LogP contribution < -0.4 is 5.32 Å². The van der Waals surface area contributed by atoms with Crippen molar-refractivity contribution in [2.45, 2.75) is 45.1 Å². The van der Waals surface area contributed by atoms with Crippen molar-refractivity contribution >= 4 is 23.3 Å². The van der Waals surface area contributed by atoms with Crippen LogP contribution in [0.3, 0.4) is 0 Å². The molecule has 1 N–H and O–H groups in total. The van der Waals surface area contributed by atoms with E-state index in [9.17, 15) is 4.79 Å². The molecule has 1 aromatic rings. The van der Waals surface area contributed by atoms with Gasteiger partial charge >= 0.3 is 6.03 Å². The summed E-state index contributed by atoms with van der Waals surface area (Å²) in [4.78, 5) is 14.6. The lowest BCUT2D eigenvalue weighted by Gasteiger charge is -2.43. The molecule has 1 saturated heterocycles. The Balaban J connectivity index is 1.68. The maximum atomic E-state index is 12.6. The van der Waals surface area contributed by atoms with Crippen molar-refractivity contribution in [1.82, 2.24) is 4.90 Å². The maximum Gasteiger partial charge on any atom is 0.321 e. The first-order chi connectivity index (χ1) is 11.0. The summed E-state index contributed by atoms with van der Waals surface area (Å²) in [5.41, 5.74) is 1.91. The number of hydrogen-bond acceptors (Lipinski definition) is 2. The number of carbonyl (C=O) groups is 1. The lowest BCUT2D eigenvalue weighted by molar-refractivity contribution is -0.0244. The van der Waals surface area contributed by atoms with Crippen LogP contribution in [0.25, 0.3) is 0 Å². The zero-order valence-corrected chi connectivity index (χ0v) is 14.7. The molecule has 1 aliphatic carbocycles. The van der Waals surface area contributed by atoms with Crippen LogP contribution in [0.15, 0.2) is 18.2 Å². The molecule has 2 aliphatic rings. The van der Waals surface area contributed by atoms with Crippen molar-refractivity contribution in [3.63, 3.8) is 0 Å². The Labute approximate surface area is 143 Å². The molecule has 1 aromatic carbocycles. The second kappa shape index (κ2) is 6.70. The molecule has 126 valence electrons. The monoisotopic (exact) mass is 336 g/mol. The molecule has 2 atom stereocenters. The fraction of sp³-hybridized carbons (Fsp3) is 0.611. The highest BCUT2D eigenvalue weighted by Gasteiger charge is 2.46. The van der Waals surface area contributed by atoms with E-state index in [0.29, 0.717) is 5.02 Å². The summed E-state index contributed by atoms with van der Waals surface area (Å²) < 4.78 is 5.70. The van der Waals surface area contributed by atoms with E-state index in [-0.39, 0.29) is 17.6 Å². The molecule has 0 bridgehead atoms. The van der Waals surface area contributed by atoms with Crippen LogP contribution in [-0.2, 0) is 4.74 Å². The van der Waals surface area contributed by atoms with Crippen molar-refractivity contribution in [3.05, 3.63) is 28.8 Å². The summed E-state index contributed by atoms with van der Waals surface area (Å²) >= 11 is 6.14. The van der Waals surface area contributed by atoms with Crippen LogP contribution in [0, 0.1) is 12.3 Å². The third-order valence-corrected chi connectivity index (χ3v) is 5.83. The highest BCUT2D eigenvalue weighted by Crippen LogP contribution is 2.46. The van der Waals surface area contributed by atoms with Crippen molar-refractivity contribution in [1.29, 1.82) is 0 Å². The van der Waals surface area contributed by atoms with Crippen LogP contribution in [0.2, 0.25) is 5.02 Å². The van der Waals surface area contributed by atoms with Gasteiger partial charge in [0.2, 0.25) is 0 Å². The Kier molecular flexibility index (Phi) is 4.83. The molecule has 5 heteroatoms. The third kappa shape index (κ3) is 3.33. The van der Waals surface area contributed by atoms with Gasteiger partial charge in [0, 0.05) is 36.3 Å². The summed E-state index contributed by atoms with van der Waals surface area (Å²) in [7, 11) is 1.80. The molecule has 23 heavy (non-hydrogen) atoms. The van der Waals surface area contributed by atoms with E-state index < -0.39 is 0 Å². The van der Waals surface area contributed by atoms with E-state index in [4.69, 9.17) is 16.3 Å². The molecular formula is C18H25ClN2O2. The van der Waals surface area contributed by atoms with E-state index >= 15 is 0 Å². The highest BCUT2D eigenvalue weighted by molar-refractivity contribution is 6.31. The summed E-state index contributed by atoms with van der Waals surface area (Å²) in [6, 6.07) is 5.59. The number of carbonyl (C=O) groups excluding carboxylic acids is 1. The third-order valence-electron chi connectivity index (χ3n) is 5.43. The SMILES string of the molecule is CO[C@@H]1CCC[C@@]12CCCN(C(=O)Nc1ccc(C)c(Cl)c1)C2. The lowest BCUT2D eigenvalue weighted by Crippen LogP contribution is -2.51. The van der Waals surface area contributed by atoms with Crippen LogP contribution in [-0.4, -0.2) is 37.2 Å². The minimum atomic E-state index is -0.0363. The number of piperidine rings is 1. The molecule has 0 radical (unpaired) electrons. The minimum Gasteiger partial charge on any atom is -0.381 e. The highest BCUT2D eigenvalue weighted by atomic mass is 35.5. The Morgan fingerprint density at radius 1 is 1.39 bits per heavy atom. The van der Waals surface area contributed by atoms with Crippen LogP contribution in [0.4, 0.5) is 10.5 Å². The average Bonchev–Trinajstić information content (AvgIpc) is 2.92. The molecular weight excluding hydrogens is 312 g/mol. The molecule has 2 amide bonds. The molecule has 0 unspecified atom stereocenters. The number of hydrogen-bond donors (Lipinski definition) is 1. The normalized spacial score (nSPS) is 27.4. The standard InChI is InChI=1S/C18H25ClN2O2/c1-13-6-7-14(11-15(13)19)20-17(22)21-10-4-9-18(12-21)8-3-5-16(18)23-2/h6-7,11,16H,3-5,8-10,12H2,1-2H3,(H,20,22)/t16-,18+/m1/s1. The largest absolute Gasteiger partial charge is 0.381 e. The fourth-order valence-electron chi connectivity index (χ4n) is 4.15. The molecule has 1 heterocycles. The number of amides is 2. The van der Waals surface area contributed by atoms with E-state index in [1.165, 1.54) is 6.42 Å². The van der Waals surface area contributed by atoms with Gasteiger partial charge in [-0.2, -0.15) is 0 Å². The second-order valence-corrected chi connectivity index (χ2v) is 7.31. The predicted molar refractivity (Wildman–Crippen MR) is 93.1 cm³/mol. The molecule has 3 rings (SSSR count). The number of ether oxygens (including phenoxy) is 1. The van der Waals surface area contributed by atoms with Crippen molar-refractivity contribution in [2.75, 3.05) is 25.5 Å². The second-order valence-electron chi connectivity index (χ2n) is 6.90. The number of aryl methyl sites for hydroxylation is 1. The summed E-state index contributed by atoms with van der Waals surface area (Å²) in [6.45, 7) is 3.55. The molecule has 1 spiro atoms. The van der Waals surface area contributed by atoms with Gasteiger partial charge < -0.3 is 15.0 Å². The van der Waals surface area contributed by atoms with Gasteiger partial charge in [-0.15, -0.1) is 0 Å². The number of benzene rings is 1. The average molecular weight is 337 g/mol. The van der Waals surface area contributed by atoms with Crippen LogP contribution in [0.1, 0.15) is 37.7 Å². The topological polar surface area (TPSA) is 41.6 Å². The molecule has 4 nitrogen and oxygen atoms in total. The van der Waals surface area contributed by atoms with Gasteiger partial charge in [0.05, 0.1) is 6.10 Å². The smallest absolute Gasteiger partial charge is 0.321 e. The number of halogens is 1. The zero-order valence-electron chi connectivity index (χ0n) is 13.9. The Bertz CT molecular complexity index is 592. The van der Waals surface area contributed by atoms with Gasteiger partial charge in [-0.25, -0.2) is 4.79 Å². The van der Waals surface area contributed by atoms with Crippen LogP contribution >= 0.6 is 11.6 Å². The Morgan fingerprint density at radius 3 is 2.91 bits per heavy atom. The van der Waals surface area contributed by atoms with Gasteiger partial charge in [0.1, 0.15) is 0 Å². The number of nitrogens with zero attached hydrogens (tertiary/aromatic N) is 1. The first kappa shape index (κ1) is 16.6. The Morgan fingerprint density at radius 2 is 2.17 bits per heavy atom. The molecule has 1 aliphatic heterocycles. The summed E-state index contributed by atoms with van der Waals surface area (Å²) in [5, 5.41) is 3.65. The van der Waals surface area contributed by atoms with Crippen LogP contribution in [0.5, 0.6) is 0 Å². The fourth-order valence-corrected chi connectivity index (χ4v) is 4.33. The number of anilines is 1. The van der Waals surface area contributed by atoms with Crippen molar-refractivity contribution in [2.24, 2.45) is 5.41 Å². The quantitative estimate of drug-likeness (QED) is 0.866. The summed E-state index contributed by atoms with van der Waals surface area (Å²) in [5.74, 6) is 0. The summed E-state index contributed by atoms with van der Waals surface area (Å²) in [6.07, 6.45) is 5.95. The zero-order chi connectivity index (χ0) is 16.4. The number of methoxy groups -OCH3 is 1. The van der Waals surface area contributed by atoms with Gasteiger partial charge in [-0.05, 0) is 50.3 Å². The van der Waals surface area contributed by atoms with E-state index in [2.05, 4.69) is 5.32 Å². The predicted octanol–water partition coefficient (Wildman–Crippen LogP) is 4.46. The van der Waals surface area contributed by atoms with Gasteiger partial charge in [-0.1, -0.05) is 24.1 Å². The van der Waals surface area contributed by atoms with Gasteiger partial charge in [0.15, 0.2) is 0 Å². The number of rotatable bonds is 2. The first-order valence-corrected chi connectivity index (χ1v) is 8.77.